The molecule has 0 aliphatic heterocycles. The Labute approximate surface area is 58.2 Å². The van der Waals surface area contributed by atoms with Gasteiger partial charge in [-0.25, -0.2) is 0 Å². The molecule has 6 nitrogen and oxygen atoms in total. The summed E-state index contributed by atoms with van der Waals surface area (Å²) in [6.45, 7) is 0. The average Bonchev–Trinajstić information content (AvgIpc) is 1.59. The van der Waals surface area contributed by atoms with E-state index < -0.39 is 21.0 Å². The number of nitrogens with one attached hydrogen (secondary N) is 1. The van der Waals surface area contributed by atoms with Crippen molar-refractivity contribution >= 4 is 14.7 Å². The largest absolute Gasteiger partial charge is 0.466 e. The van der Waals surface area contributed by atoms with Crippen LogP contribution in [0.2, 0.25) is 0 Å². The minimum absolute atomic E-state index is 0.245. The molecule has 8 heteroatoms. The van der Waals surface area contributed by atoms with Crippen molar-refractivity contribution < 1.29 is 24.4 Å². The van der Waals surface area contributed by atoms with Crippen LogP contribution >= 0.6 is 7.60 Å². The van der Waals surface area contributed by atoms with Gasteiger partial charge in [-0.3, -0.25) is 4.57 Å². The van der Waals surface area contributed by atoms with Crippen LogP contribution in [0, 0.1) is 0 Å². The molecule has 0 aromatic carbocycles. The Balaban J connectivity index is 3.30. The van der Waals surface area contributed by atoms with Crippen LogP contribution in [0.4, 0.5) is 0 Å². The van der Waals surface area contributed by atoms with E-state index in [-0.39, 0.29) is 6.44 Å². The van der Waals surface area contributed by atoms with Gasteiger partial charge < -0.3 is 25.2 Å². The lowest BCUT2D eigenvalue weighted by Crippen LogP contribution is -2.31. The van der Waals surface area contributed by atoms with Crippen LogP contribution in [-0.4, -0.2) is 39.7 Å². The maximum Gasteiger partial charge on any atom is 0.466 e. The van der Waals surface area contributed by atoms with Crippen molar-refractivity contribution in [3.63, 3.8) is 0 Å². The molecule has 0 fully saturated rings. The van der Waals surface area contributed by atoms with Gasteiger partial charge in [0.2, 0.25) is 0 Å². The van der Waals surface area contributed by atoms with Crippen LogP contribution in [-0.2, 0) is 4.57 Å². The summed E-state index contributed by atoms with van der Waals surface area (Å²) >= 11 is 0. The highest BCUT2D eigenvalue weighted by molar-refractivity contribution is 7.51. The Hall–Kier alpha value is 0.0949. The molecule has 0 heterocycles. The topological polar surface area (TPSA) is 110 Å². The third-order valence-electron chi connectivity index (χ3n) is 0.645. The molecule has 10 heavy (non-hydrogen) atoms. The van der Waals surface area contributed by atoms with Crippen molar-refractivity contribution in [2.45, 2.75) is 0 Å². The second-order valence-corrected chi connectivity index (χ2v) is 3.40. The number of hydrogen-bond donors (Lipinski definition) is 5. The number of rotatable bonds is 4. The van der Waals surface area contributed by atoms with Gasteiger partial charge in [0.25, 0.3) is 0 Å². The minimum atomic E-state index is -4.06. The highest BCUT2D eigenvalue weighted by Crippen LogP contribution is 2.31. The second-order valence-electron chi connectivity index (χ2n) is 1.76. The molecule has 0 bridgehead atoms. The lowest BCUT2D eigenvalue weighted by Gasteiger charge is -2.04. The fourth-order valence-corrected chi connectivity index (χ4v) is 0.760. The summed E-state index contributed by atoms with van der Waals surface area (Å²) in [5.41, 5.74) is 0. The molecule has 0 aliphatic rings. The fraction of sp³-hybridized carbons (Fsp3) is 1.00. The summed E-state index contributed by atoms with van der Waals surface area (Å²) < 4.78 is 10.1. The molecule has 0 aromatic heterocycles. The average molecular weight is 169 g/mol. The van der Waals surface area contributed by atoms with E-state index in [0.717, 1.165) is 0 Å². The Morgan fingerprint density at radius 1 is 1.40 bits per heavy atom. The van der Waals surface area contributed by atoms with E-state index in [1.54, 1.807) is 0 Å². The van der Waals surface area contributed by atoms with Gasteiger partial charge in [-0.2, -0.15) is 0 Å². The van der Waals surface area contributed by atoms with Crippen molar-refractivity contribution in [2.75, 3.05) is 12.7 Å². The van der Waals surface area contributed by atoms with Crippen LogP contribution < -0.4 is 5.32 Å². The quantitative estimate of drug-likeness (QED) is 0.239. The van der Waals surface area contributed by atoms with Gasteiger partial charge in [-0.05, 0) is 0 Å². The third kappa shape index (κ3) is 8.09. The SMILES string of the molecule is O=P(O)(O)CNCB(O)O. The van der Waals surface area contributed by atoms with Crippen LogP contribution in [0.3, 0.4) is 0 Å². The van der Waals surface area contributed by atoms with Crippen molar-refractivity contribution in [1.29, 1.82) is 0 Å². The molecule has 60 valence electrons. The molecule has 0 aliphatic carbocycles. The van der Waals surface area contributed by atoms with Crippen molar-refractivity contribution in [1.82, 2.24) is 5.32 Å². The standard InChI is InChI=1S/C2H9BNO5P/c5-3(6)1-4-2-10(7,8)9/h4-6H,1-2H2,(H2,7,8,9). The zero-order valence-corrected chi connectivity index (χ0v) is 6.03. The zero-order chi connectivity index (χ0) is 8.20. The molecule has 0 aromatic rings. The molecule has 0 amide bonds. The van der Waals surface area contributed by atoms with Crippen molar-refractivity contribution in [3.8, 4) is 0 Å². The first-order chi connectivity index (χ1) is 4.42. The summed E-state index contributed by atoms with van der Waals surface area (Å²) in [5.74, 6) is 0. The minimum Gasteiger partial charge on any atom is -0.426 e. The molecule has 5 N–H and O–H groups in total. The molecular formula is C2H9BNO5P. The lowest BCUT2D eigenvalue weighted by atomic mass is 9.93. The smallest absolute Gasteiger partial charge is 0.426 e. The molecule has 0 rings (SSSR count). The summed E-state index contributed by atoms with van der Waals surface area (Å²) in [7, 11) is -5.63. The third-order valence-corrected chi connectivity index (χ3v) is 1.28. The first kappa shape index (κ1) is 10.1. The van der Waals surface area contributed by atoms with Crippen molar-refractivity contribution in [3.05, 3.63) is 0 Å². The normalized spacial score (nSPS) is 11.6. The Morgan fingerprint density at radius 2 is 1.90 bits per heavy atom. The van der Waals surface area contributed by atoms with E-state index in [0.29, 0.717) is 0 Å². The summed E-state index contributed by atoms with van der Waals surface area (Å²) in [6, 6.07) is 0. The predicted octanol–water partition coefficient (Wildman–Crippen LogP) is -2.28. The Morgan fingerprint density at radius 3 is 2.20 bits per heavy atom. The Bertz CT molecular complexity index is 134. The molecule has 0 radical (unpaired) electrons. The van der Waals surface area contributed by atoms with E-state index in [1.165, 1.54) is 0 Å². The van der Waals surface area contributed by atoms with Crippen LogP contribution in [0.1, 0.15) is 0 Å². The molecule has 0 saturated heterocycles. The van der Waals surface area contributed by atoms with E-state index in [1.807, 2.05) is 0 Å². The van der Waals surface area contributed by atoms with Gasteiger partial charge in [0.1, 0.15) is 0 Å². The zero-order valence-electron chi connectivity index (χ0n) is 5.14. The van der Waals surface area contributed by atoms with Crippen LogP contribution in [0.15, 0.2) is 0 Å². The van der Waals surface area contributed by atoms with Crippen LogP contribution in [0.5, 0.6) is 0 Å². The summed E-state index contributed by atoms with van der Waals surface area (Å²) in [6.07, 6.45) is -0.782. The molecule has 0 spiro atoms. The maximum atomic E-state index is 10.1. The number of hydrogen-bond acceptors (Lipinski definition) is 4. The van der Waals surface area contributed by atoms with Gasteiger partial charge in [-0.15, -0.1) is 0 Å². The molecule has 0 atom stereocenters. The van der Waals surface area contributed by atoms with E-state index in [4.69, 9.17) is 19.8 Å². The molecular weight excluding hydrogens is 160 g/mol. The highest BCUT2D eigenvalue weighted by atomic mass is 31.2. The van der Waals surface area contributed by atoms with Crippen molar-refractivity contribution in [2.24, 2.45) is 0 Å². The van der Waals surface area contributed by atoms with Gasteiger partial charge in [0, 0.05) is 6.44 Å². The van der Waals surface area contributed by atoms with E-state index in [9.17, 15) is 4.57 Å². The second kappa shape index (κ2) is 4.07. The summed E-state index contributed by atoms with van der Waals surface area (Å²) in [5, 5.41) is 18.5. The monoisotopic (exact) mass is 169 g/mol. The fourth-order valence-electron chi connectivity index (χ4n) is 0.339. The van der Waals surface area contributed by atoms with E-state index in [2.05, 4.69) is 5.32 Å². The first-order valence-corrected chi connectivity index (χ1v) is 4.33. The first-order valence-electron chi connectivity index (χ1n) is 2.53. The van der Waals surface area contributed by atoms with Gasteiger partial charge >= 0.3 is 14.7 Å². The van der Waals surface area contributed by atoms with Gasteiger partial charge in [0.05, 0.1) is 6.29 Å². The van der Waals surface area contributed by atoms with Gasteiger partial charge in [-0.1, -0.05) is 0 Å². The lowest BCUT2D eigenvalue weighted by molar-refractivity contribution is 0.366. The summed E-state index contributed by atoms with van der Waals surface area (Å²) in [4.78, 5) is 16.4. The maximum absolute atomic E-state index is 10.1. The molecule has 0 saturated carbocycles. The predicted molar refractivity (Wildman–Crippen MR) is 35.1 cm³/mol. The molecule has 0 unspecified atom stereocenters. The van der Waals surface area contributed by atoms with Crippen LogP contribution in [0.25, 0.3) is 0 Å². The Kier molecular flexibility index (Phi) is 4.11. The van der Waals surface area contributed by atoms with E-state index >= 15 is 0 Å². The van der Waals surface area contributed by atoms with Gasteiger partial charge in [0.15, 0.2) is 0 Å². The highest BCUT2D eigenvalue weighted by Gasteiger charge is 2.13.